The molecule has 1 aromatic rings. The molecule has 100 valence electrons. The molecule has 0 fully saturated rings. The van der Waals surface area contributed by atoms with Crippen LogP contribution in [0.15, 0.2) is 12.3 Å². The van der Waals surface area contributed by atoms with Crippen molar-refractivity contribution in [3.05, 3.63) is 22.8 Å². The van der Waals surface area contributed by atoms with Crippen LogP contribution in [0.25, 0.3) is 0 Å². The number of rotatable bonds is 4. The minimum absolute atomic E-state index is 0.0856. The molecule has 1 rings (SSSR count). The maximum Gasteiger partial charge on any atom is 0.255 e. The van der Waals surface area contributed by atoms with Gasteiger partial charge in [-0.2, -0.15) is 0 Å². The Kier molecular flexibility index (Phi) is 4.96. The fourth-order valence-corrected chi connectivity index (χ4v) is 1.98. The molecule has 0 bridgehead atoms. The highest BCUT2D eigenvalue weighted by atomic mass is 35.5. The third-order valence-electron chi connectivity index (χ3n) is 2.91. The number of amides is 1. The van der Waals surface area contributed by atoms with Gasteiger partial charge in [0, 0.05) is 19.3 Å². The SMILES string of the molecule is CC(C)CC(C)N(C)C(=O)c1cnc(N)c(Cl)c1. The van der Waals surface area contributed by atoms with Crippen molar-refractivity contribution >= 4 is 23.3 Å². The van der Waals surface area contributed by atoms with Crippen molar-refractivity contribution in [1.82, 2.24) is 9.88 Å². The van der Waals surface area contributed by atoms with Gasteiger partial charge in [0.1, 0.15) is 5.82 Å². The predicted molar refractivity (Wildman–Crippen MR) is 74.7 cm³/mol. The number of carbonyl (C=O) groups is 1. The first-order valence-corrected chi connectivity index (χ1v) is 6.39. The Labute approximate surface area is 113 Å². The van der Waals surface area contributed by atoms with Gasteiger partial charge < -0.3 is 10.6 Å². The Morgan fingerprint density at radius 1 is 1.50 bits per heavy atom. The second kappa shape index (κ2) is 6.05. The van der Waals surface area contributed by atoms with E-state index in [0.717, 1.165) is 6.42 Å². The van der Waals surface area contributed by atoms with Crippen molar-refractivity contribution in [1.29, 1.82) is 0 Å². The fourth-order valence-electron chi connectivity index (χ4n) is 1.81. The highest BCUT2D eigenvalue weighted by molar-refractivity contribution is 6.33. The van der Waals surface area contributed by atoms with Crippen LogP contribution in [-0.2, 0) is 0 Å². The van der Waals surface area contributed by atoms with E-state index in [1.54, 1.807) is 18.0 Å². The van der Waals surface area contributed by atoms with Crippen molar-refractivity contribution < 1.29 is 4.79 Å². The Hall–Kier alpha value is -1.29. The van der Waals surface area contributed by atoms with Gasteiger partial charge in [-0.25, -0.2) is 4.98 Å². The molecule has 4 nitrogen and oxygen atoms in total. The molecule has 0 aliphatic rings. The lowest BCUT2D eigenvalue weighted by Gasteiger charge is -2.26. The zero-order valence-corrected chi connectivity index (χ0v) is 12.0. The van der Waals surface area contributed by atoms with E-state index in [1.807, 2.05) is 6.92 Å². The van der Waals surface area contributed by atoms with Crippen LogP contribution in [0.1, 0.15) is 37.6 Å². The van der Waals surface area contributed by atoms with Crippen LogP contribution in [0.3, 0.4) is 0 Å². The molecule has 1 unspecified atom stereocenters. The Morgan fingerprint density at radius 2 is 2.11 bits per heavy atom. The van der Waals surface area contributed by atoms with E-state index in [1.165, 1.54) is 6.20 Å². The third kappa shape index (κ3) is 3.60. The molecular formula is C13H20ClN3O. The summed E-state index contributed by atoms with van der Waals surface area (Å²) in [6, 6.07) is 1.74. The third-order valence-corrected chi connectivity index (χ3v) is 3.21. The molecule has 0 aliphatic heterocycles. The van der Waals surface area contributed by atoms with Crippen molar-refractivity contribution in [2.24, 2.45) is 5.92 Å². The first kappa shape index (κ1) is 14.8. The average molecular weight is 270 g/mol. The summed E-state index contributed by atoms with van der Waals surface area (Å²) in [6.45, 7) is 6.30. The van der Waals surface area contributed by atoms with Gasteiger partial charge in [0.25, 0.3) is 5.91 Å². The van der Waals surface area contributed by atoms with Gasteiger partial charge in [-0.1, -0.05) is 25.4 Å². The first-order valence-electron chi connectivity index (χ1n) is 6.01. The van der Waals surface area contributed by atoms with Crippen molar-refractivity contribution in [2.75, 3.05) is 12.8 Å². The number of pyridine rings is 1. The summed E-state index contributed by atoms with van der Waals surface area (Å²) in [5.74, 6) is 0.701. The fraction of sp³-hybridized carbons (Fsp3) is 0.538. The summed E-state index contributed by atoms with van der Waals surface area (Å²) >= 11 is 5.87. The number of nitrogens with zero attached hydrogens (tertiary/aromatic N) is 2. The number of hydrogen-bond donors (Lipinski definition) is 1. The van der Waals surface area contributed by atoms with E-state index in [4.69, 9.17) is 17.3 Å². The summed E-state index contributed by atoms with van der Waals surface area (Å²) in [5, 5.41) is 0.311. The summed E-state index contributed by atoms with van der Waals surface area (Å²) in [7, 11) is 1.79. The minimum Gasteiger partial charge on any atom is -0.382 e. The highest BCUT2D eigenvalue weighted by Crippen LogP contribution is 2.19. The maximum atomic E-state index is 12.2. The molecule has 0 aromatic carbocycles. The van der Waals surface area contributed by atoms with E-state index in [9.17, 15) is 4.79 Å². The first-order chi connectivity index (χ1) is 8.32. The average Bonchev–Trinajstić information content (AvgIpc) is 2.30. The topological polar surface area (TPSA) is 59.2 Å². The summed E-state index contributed by atoms with van der Waals surface area (Å²) in [6.07, 6.45) is 2.42. The molecule has 2 N–H and O–H groups in total. The number of halogens is 1. The van der Waals surface area contributed by atoms with Crippen molar-refractivity contribution in [3.63, 3.8) is 0 Å². The quantitative estimate of drug-likeness (QED) is 0.914. The molecule has 0 spiro atoms. The maximum absolute atomic E-state index is 12.2. The molecule has 0 aliphatic carbocycles. The number of anilines is 1. The lowest BCUT2D eigenvalue weighted by atomic mass is 10.0. The monoisotopic (exact) mass is 269 g/mol. The molecule has 0 saturated carbocycles. The number of nitrogen functional groups attached to an aromatic ring is 1. The number of nitrogens with two attached hydrogens (primary N) is 1. The van der Waals surface area contributed by atoms with Gasteiger partial charge in [0.15, 0.2) is 0 Å². The molecule has 1 amide bonds. The molecule has 0 radical (unpaired) electrons. The van der Waals surface area contributed by atoms with Crippen LogP contribution in [0.5, 0.6) is 0 Å². The van der Waals surface area contributed by atoms with Crippen LogP contribution in [0.4, 0.5) is 5.82 Å². The van der Waals surface area contributed by atoms with Crippen LogP contribution in [-0.4, -0.2) is 28.9 Å². The molecule has 1 atom stereocenters. The standard InChI is InChI=1S/C13H20ClN3O/c1-8(2)5-9(3)17(4)13(18)10-6-11(14)12(15)16-7-10/h6-9H,5H2,1-4H3,(H2,15,16). The summed E-state index contributed by atoms with van der Waals surface area (Å²) in [5.41, 5.74) is 5.99. The van der Waals surface area contributed by atoms with E-state index in [0.29, 0.717) is 16.5 Å². The van der Waals surface area contributed by atoms with Crippen molar-refractivity contribution in [3.8, 4) is 0 Å². The molecule has 18 heavy (non-hydrogen) atoms. The Balaban J connectivity index is 2.82. The van der Waals surface area contributed by atoms with Gasteiger partial charge in [-0.3, -0.25) is 4.79 Å². The lowest BCUT2D eigenvalue weighted by Crippen LogP contribution is -2.36. The van der Waals surface area contributed by atoms with Crippen LogP contribution >= 0.6 is 11.6 Å². The normalized spacial score (nSPS) is 12.6. The second-order valence-electron chi connectivity index (χ2n) is 4.99. The summed E-state index contributed by atoms with van der Waals surface area (Å²) in [4.78, 5) is 17.8. The smallest absolute Gasteiger partial charge is 0.255 e. The zero-order chi connectivity index (χ0) is 13.9. The van der Waals surface area contributed by atoms with Gasteiger partial charge in [-0.15, -0.1) is 0 Å². The molecule has 0 saturated heterocycles. The van der Waals surface area contributed by atoms with Gasteiger partial charge in [-0.05, 0) is 25.3 Å². The molecular weight excluding hydrogens is 250 g/mol. The summed E-state index contributed by atoms with van der Waals surface area (Å²) < 4.78 is 0. The minimum atomic E-state index is -0.0856. The number of carbonyl (C=O) groups excluding carboxylic acids is 1. The highest BCUT2D eigenvalue weighted by Gasteiger charge is 2.19. The molecule has 1 aromatic heterocycles. The Morgan fingerprint density at radius 3 is 2.61 bits per heavy atom. The van der Waals surface area contributed by atoms with Crippen LogP contribution in [0.2, 0.25) is 5.02 Å². The van der Waals surface area contributed by atoms with E-state index < -0.39 is 0 Å². The molecule has 5 heteroatoms. The molecule has 1 heterocycles. The van der Waals surface area contributed by atoms with Crippen LogP contribution < -0.4 is 5.73 Å². The van der Waals surface area contributed by atoms with E-state index in [2.05, 4.69) is 18.8 Å². The van der Waals surface area contributed by atoms with Crippen molar-refractivity contribution in [2.45, 2.75) is 33.2 Å². The van der Waals surface area contributed by atoms with Crippen LogP contribution in [0, 0.1) is 5.92 Å². The van der Waals surface area contributed by atoms with Gasteiger partial charge >= 0.3 is 0 Å². The lowest BCUT2D eigenvalue weighted by molar-refractivity contribution is 0.0728. The predicted octanol–water partition coefficient (Wildman–Crippen LogP) is 2.82. The van der Waals surface area contributed by atoms with E-state index in [-0.39, 0.29) is 17.8 Å². The number of hydrogen-bond acceptors (Lipinski definition) is 3. The second-order valence-corrected chi connectivity index (χ2v) is 5.39. The zero-order valence-electron chi connectivity index (χ0n) is 11.3. The van der Waals surface area contributed by atoms with E-state index >= 15 is 0 Å². The van der Waals surface area contributed by atoms with Gasteiger partial charge in [0.2, 0.25) is 0 Å². The largest absolute Gasteiger partial charge is 0.382 e. The van der Waals surface area contributed by atoms with Gasteiger partial charge in [0.05, 0.1) is 10.6 Å². The Bertz CT molecular complexity index is 434. The number of aromatic nitrogens is 1.